The third kappa shape index (κ3) is 3.51. The Morgan fingerprint density at radius 1 is 1.03 bits per heavy atom. The molecule has 0 aliphatic heterocycles. The summed E-state index contributed by atoms with van der Waals surface area (Å²) in [6, 6.07) is 14.5. The van der Waals surface area contributed by atoms with Crippen LogP contribution < -0.4 is 10.4 Å². The number of rotatable bonds is 4. The van der Waals surface area contributed by atoms with Gasteiger partial charge in [-0.15, -0.1) is 11.3 Å². The van der Waals surface area contributed by atoms with E-state index in [1.54, 1.807) is 41.7 Å². The lowest BCUT2D eigenvalue weighted by Crippen LogP contribution is -1.99. The second kappa shape index (κ2) is 7.29. The first-order chi connectivity index (χ1) is 15.0. The van der Waals surface area contributed by atoms with E-state index >= 15 is 0 Å². The number of nitro groups is 1. The van der Waals surface area contributed by atoms with Crippen LogP contribution in [0.25, 0.3) is 32.3 Å². The fourth-order valence-corrected chi connectivity index (χ4v) is 4.19. The van der Waals surface area contributed by atoms with Crippen LogP contribution in [-0.2, 0) is 0 Å². The number of nitrogens with zero attached hydrogens (tertiary/aromatic N) is 3. The first kappa shape index (κ1) is 18.9. The van der Waals surface area contributed by atoms with Crippen molar-refractivity contribution in [1.82, 2.24) is 9.97 Å². The highest BCUT2D eigenvalue weighted by Gasteiger charge is 2.13. The van der Waals surface area contributed by atoms with E-state index in [9.17, 15) is 14.9 Å². The topological polar surface area (TPSA) is 108 Å². The van der Waals surface area contributed by atoms with Crippen LogP contribution in [0.4, 0.5) is 5.69 Å². The van der Waals surface area contributed by atoms with Crippen LogP contribution in [0.1, 0.15) is 4.88 Å². The number of hydrogen-bond donors (Lipinski definition) is 0. The molecule has 0 N–H and O–H groups in total. The molecule has 0 aliphatic rings. The van der Waals surface area contributed by atoms with Crippen LogP contribution in [0.15, 0.2) is 70.1 Å². The monoisotopic (exact) mass is 431 g/mol. The maximum Gasteiger partial charge on any atom is 0.336 e. The van der Waals surface area contributed by atoms with Gasteiger partial charge in [0.1, 0.15) is 22.5 Å². The Labute approximate surface area is 178 Å². The van der Waals surface area contributed by atoms with Crippen molar-refractivity contribution in [2.75, 3.05) is 0 Å². The maximum absolute atomic E-state index is 12.2. The molecule has 9 heteroatoms. The summed E-state index contributed by atoms with van der Waals surface area (Å²) in [5, 5.41) is 12.4. The molecule has 3 aromatic heterocycles. The predicted octanol–water partition coefficient (Wildman–Crippen LogP) is 5.47. The number of non-ortho nitro benzene ring substituents is 1. The maximum atomic E-state index is 12.2. The Morgan fingerprint density at radius 3 is 2.61 bits per heavy atom. The molecule has 0 atom stereocenters. The van der Waals surface area contributed by atoms with E-state index < -0.39 is 10.5 Å². The summed E-state index contributed by atoms with van der Waals surface area (Å²) in [5.74, 6) is 0.878. The minimum Gasteiger partial charge on any atom is -0.438 e. The van der Waals surface area contributed by atoms with Crippen LogP contribution in [0.3, 0.4) is 0 Å². The molecule has 0 aliphatic carbocycles. The molecule has 2 aromatic carbocycles. The van der Waals surface area contributed by atoms with E-state index in [1.165, 1.54) is 24.5 Å². The summed E-state index contributed by atoms with van der Waals surface area (Å²) in [6.45, 7) is 1.99. The van der Waals surface area contributed by atoms with Crippen molar-refractivity contribution in [3.63, 3.8) is 0 Å². The number of thiophene rings is 1. The van der Waals surface area contributed by atoms with Crippen LogP contribution in [0.2, 0.25) is 0 Å². The summed E-state index contributed by atoms with van der Waals surface area (Å²) in [5.41, 5.74) is 1.07. The summed E-state index contributed by atoms with van der Waals surface area (Å²) in [6.07, 6.45) is 1.45. The average molecular weight is 431 g/mol. The fraction of sp³-hybridized carbons (Fsp3) is 0.0455. The Hall–Kier alpha value is -4.11. The largest absolute Gasteiger partial charge is 0.438 e. The Bertz CT molecular complexity index is 1520. The van der Waals surface area contributed by atoms with Crippen LogP contribution in [0.5, 0.6) is 11.6 Å². The zero-order chi connectivity index (χ0) is 21.5. The Balaban J connectivity index is 1.57. The number of fused-ring (bicyclic) bond motifs is 2. The summed E-state index contributed by atoms with van der Waals surface area (Å²) in [7, 11) is 0. The van der Waals surface area contributed by atoms with Gasteiger partial charge in [-0.05, 0) is 48.4 Å². The number of benzene rings is 2. The number of nitro benzene ring substituents is 1. The molecule has 0 bridgehead atoms. The Kier molecular flexibility index (Phi) is 4.45. The van der Waals surface area contributed by atoms with E-state index in [-0.39, 0.29) is 5.69 Å². The molecule has 0 unspecified atom stereocenters. The van der Waals surface area contributed by atoms with Gasteiger partial charge in [-0.2, -0.15) is 0 Å². The highest BCUT2D eigenvalue weighted by Crippen LogP contribution is 2.34. The van der Waals surface area contributed by atoms with Gasteiger partial charge in [-0.25, -0.2) is 14.8 Å². The molecule has 8 nitrogen and oxygen atoms in total. The predicted molar refractivity (Wildman–Crippen MR) is 117 cm³/mol. The lowest BCUT2D eigenvalue weighted by atomic mass is 10.0. The van der Waals surface area contributed by atoms with Crippen LogP contribution >= 0.6 is 11.3 Å². The van der Waals surface area contributed by atoms with E-state index in [4.69, 9.17) is 9.15 Å². The molecule has 0 amide bonds. The highest BCUT2D eigenvalue weighted by molar-refractivity contribution is 7.18. The van der Waals surface area contributed by atoms with Crippen molar-refractivity contribution >= 4 is 38.2 Å². The van der Waals surface area contributed by atoms with Gasteiger partial charge in [0.2, 0.25) is 5.88 Å². The molecular weight excluding hydrogens is 418 g/mol. The normalized spacial score (nSPS) is 11.1. The molecule has 31 heavy (non-hydrogen) atoms. The fourth-order valence-electron chi connectivity index (χ4n) is 3.36. The summed E-state index contributed by atoms with van der Waals surface area (Å²) in [4.78, 5) is 33.0. The minimum atomic E-state index is -0.532. The number of aryl methyl sites for hydroxylation is 1. The zero-order valence-electron chi connectivity index (χ0n) is 16.1. The van der Waals surface area contributed by atoms with Crippen molar-refractivity contribution in [3.05, 3.63) is 86.3 Å². The number of aromatic nitrogens is 2. The first-order valence-electron chi connectivity index (χ1n) is 9.20. The molecule has 0 fully saturated rings. The second-order valence-corrected chi connectivity index (χ2v) is 8.03. The Morgan fingerprint density at radius 2 is 1.84 bits per heavy atom. The van der Waals surface area contributed by atoms with E-state index in [0.29, 0.717) is 33.7 Å². The number of ether oxygens (including phenoxy) is 1. The lowest BCUT2D eigenvalue weighted by molar-refractivity contribution is -0.384. The highest BCUT2D eigenvalue weighted by atomic mass is 32.1. The molecule has 3 heterocycles. The quantitative estimate of drug-likeness (QED) is 0.211. The molecular formula is C22H13N3O5S. The van der Waals surface area contributed by atoms with Gasteiger partial charge in [-0.1, -0.05) is 0 Å². The summed E-state index contributed by atoms with van der Waals surface area (Å²) >= 11 is 1.55. The lowest BCUT2D eigenvalue weighted by Gasteiger charge is -2.09. The summed E-state index contributed by atoms with van der Waals surface area (Å²) < 4.78 is 11.3. The molecule has 0 saturated carbocycles. The van der Waals surface area contributed by atoms with Gasteiger partial charge in [0.05, 0.1) is 10.3 Å². The first-order valence-corrected chi connectivity index (χ1v) is 10.0. The molecule has 152 valence electrons. The average Bonchev–Trinajstić information content (AvgIpc) is 3.14. The SMILES string of the molecule is Cc1cc2c(Oc3ccc4c(-c5ccc([N+](=O)[O-])cc5)cc(=O)oc4c3)ncnc2s1. The second-order valence-electron chi connectivity index (χ2n) is 6.80. The standard InChI is InChI=1S/C22H13N3O5S/c1-12-8-18-21(23-11-24-22(18)31-12)29-15-6-7-16-17(10-20(26)30-19(16)9-15)13-2-4-14(5-3-13)25(27)28/h2-11H,1H3. The van der Waals surface area contributed by atoms with Crippen molar-refractivity contribution in [2.24, 2.45) is 0 Å². The van der Waals surface area contributed by atoms with Gasteiger partial charge in [0.15, 0.2) is 0 Å². The van der Waals surface area contributed by atoms with Crippen molar-refractivity contribution in [1.29, 1.82) is 0 Å². The van der Waals surface area contributed by atoms with Gasteiger partial charge < -0.3 is 9.15 Å². The number of hydrogen-bond acceptors (Lipinski definition) is 8. The van der Waals surface area contributed by atoms with Gasteiger partial charge in [-0.3, -0.25) is 10.1 Å². The molecule has 0 saturated heterocycles. The van der Waals surface area contributed by atoms with E-state index in [0.717, 1.165) is 15.1 Å². The van der Waals surface area contributed by atoms with Gasteiger partial charge >= 0.3 is 5.63 Å². The molecule has 5 aromatic rings. The third-order valence-electron chi connectivity index (χ3n) is 4.74. The van der Waals surface area contributed by atoms with Crippen molar-refractivity contribution in [2.45, 2.75) is 6.92 Å². The third-order valence-corrected chi connectivity index (χ3v) is 5.69. The van der Waals surface area contributed by atoms with Crippen molar-refractivity contribution < 1.29 is 14.1 Å². The van der Waals surface area contributed by atoms with Crippen molar-refractivity contribution in [3.8, 4) is 22.8 Å². The molecule has 0 radical (unpaired) electrons. The zero-order valence-corrected chi connectivity index (χ0v) is 16.9. The van der Waals surface area contributed by atoms with Gasteiger partial charge in [0.25, 0.3) is 5.69 Å². The van der Waals surface area contributed by atoms with E-state index in [1.807, 2.05) is 13.0 Å². The van der Waals surface area contributed by atoms with Gasteiger partial charge in [0, 0.05) is 34.5 Å². The smallest absolute Gasteiger partial charge is 0.336 e. The molecule has 5 rings (SSSR count). The molecule has 0 spiro atoms. The van der Waals surface area contributed by atoms with Crippen LogP contribution in [0, 0.1) is 17.0 Å². The van der Waals surface area contributed by atoms with E-state index in [2.05, 4.69) is 9.97 Å². The van der Waals surface area contributed by atoms with Crippen LogP contribution in [-0.4, -0.2) is 14.9 Å². The minimum absolute atomic E-state index is 0.0217.